The molecule has 32 heavy (non-hydrogen) atoms. The van der Waals surface area contributed by atoms with Gasteiger partial charge in [0.1, 0.15) is 6.29 Å². The van der Waals surface area contributed by atoms with Crippen molar-refractivity contribution in [3.63, 3.8) is 0 Å². The molecular formula is C27H33ClN2O2. The van der Waals surface area contributed by atoms with Crippen molar-refractivity contribution in [2.75, 3.05) is 26.2 Å². The second-order valence-corrected chi connectivity index (χ2v) is 9.59. The van der Waals surface area contributed by atoms with Crippen molar-refractivity contribution in [2.45, 2.75) is 57.4 Å². The highest BCUT2D eigenvalue weighted by Gasteiger charge is 2.27. The average Bonchev–Trinajstić information content (AvgIpc) is 3.03. The summed E-state index contributed by atoms with van der Waals surface area (Å²) >= 11 is 6.06. The minimum atomic E-state index is 0.158. The summed E-state index contributed by atoms with van der Waals surface area (Å²) in [7, 11) is 0. The van der Waals surface area contributed by atoms with Crippen LogP contribution >= 0.6 is 11.6 Å². The number of aldehydes is 1. The molecule has 0 saturated carbocycles. The molecule has 1 fully saturated rings. The number of carbonyl (C=O) groups is 2. The zero-order valence-electron chi connectivity index (χ0n) is 18.9. The monoisotopic (exact) mass is 452 g/mol. The van der Waals surface area contributed by atoms with Gasteiger partial charge < -0.3 is 9.69 Å². The van der Waals surface area contributed by atoms with E-state index in [1.54, 1.807) is 6.92 Å². The summed E-state index contributed by atoms with van der Waals surface area (Å²) in [6.07, 6.45) is 6.55. The van der Waals surface area contributed by atoms with Crippen LogP contribution in [0.3, 0.4) is 0 Å². The van der Waals surface area contributed by atoms with E-state index in [0.717, 1.165) is 69.6 Å². The van der Waals surface area contributed by atoms with Gasteiger partial charge >= 0.3 is 0 Å². The molecule has 4 nitrogen and oxygen atoms in total. The van der Waals surface area contributed by atoms with E-state index in [2.05, 4.69) is 35.2 Å². The molecule has 1 saturated heterocycles. The molecule has 0 aliphatic carbocycles. The topological polar surface area (TPSA) is 40.6 Å². The van der Waals surface area contributed by atoms with Gasteiger partial charge in [-0.15, -0.1) is 0 Å². The van der Waals surface area contributed by atoms with Crippen molar-refractivity contribution in [3.05, 3.63) is 69.7 Å². The number of benzene rings is 2. The lowest BCUT2D eigenvalue weighted by atomic mass is 9.87. The Morgan fingerprint density at radius 2 is 1.72 bits per heavy atom. The smallest absolute Gasteiger partial charge is 0.219 e. The lowest BCUT2D eigenvalue weighted by Gasteiger charge is -2.38. The van der Waals surface area contributed by atoms with E-state index >= 15 is 0 Å². The summed E-state index contributed by atoms with van der Waals surface area (Å²) in [5.41, 5.74) is 5.40. The Hall–Kier alpha value is -2.17. The SMILES string of the molecule is CC(=O)N1CCc2ccc(C(CCC=O)N3CCC(c4ccc(Cl)cc4)CC3)cc2CC1. The first-order chi connectivity index (χ1) is 15.5. The van der Waals surface area contributed by atoms with E-state index in [4.69, 9.17) is 11.6 Å². The number of hydrogen-bond acceptors (Lipinski definition) is 3. The summed E-state index contributed by atoms with van der Waals surface area (Å²) < 4.78 is 0. The van der Waals surface area contributed by atoms with Gasteiger partial charge in [-0.2, -0.15) is 0 Å². The van der Waals surface area contributed by atoms with Crippen molar-refractivity contribution in [1.29, 1.82) is 0 Å². The highest BCUT2D eigenvalue weighted by molar-refractivity contribution is 6.30. The van der Waals surface area contributed by atoms with Gasteiger partial charge in [-0.05, 0) is 85.5 Å². The average molecular weight is 453 g/mol. The first-order valence-electron chi connectivity index (χ1n) is 11.9. The molecule has 2 aliphatic heterocycles. The zero-order valence-corrected chi connectivity index (χ0v) is 19.7. The molecule has 5 heteroatoms. The molecule has 1 unspecified atom stereocenters. The maximum atomic E-state index is 11.8. The molecule has 0 bridgehead atoms. The number of amides is 1. The van der Waals surface area contributed by atoms with Gasteiger partial charge in [-0.25, -0.2) is 0 Å². The van der Waals surface area contributed by atoms with Crippen molar-refractivity contribution in [3.8, 4) is 0 Å². The van der Waals surface area contributed by atoms with Gasteiger partial charge in [0.15, 0.2) is 0 Å². The minimum Gasteiger partial charge on any atom is -0.342 e. The predicted molar refractivity (Wildman–Crippen MR) is 129 cm³/mol. The van der Waals surface area contributed by atoms with Crippen molar-refractivity contribution < 1.29 is 9.59 Å². The molecule has 4 rings (SSSR count). The van der Waals surface area contributed by atoms with Crippen LogP contribution in [0.25, 0.3) is 0 Å². The third-order valence-electron chi connectivity index (χ3n) is 7.23. The van der Waals surface area contributed by atoms with Gasteiger partial charge in [0.2, 0.25) is 5.91 Å². The lowest BCUT2D eigenvalue weighted by molar-refractivity contribution is -0.128. The molecule has 170 valence electrons. The van der Waals surface area contributed by atoms with E-state index in [1.807, 2.05) is 17.0 Å². The minimum absolute atomic E-state index is 0.158. The normalized spacial score (nSPS) is 18.6. The predicted octanol–water partition coefficient (Wildman–Crippen LogP) is 5.19. The molecule has 1 amide bonds. The highest BCUT2D eigenvalue weighted by atomic mass is 35.5. The van der Waals surface area contributed by atoms with E-state index in [0.29, 0.717) is 12.3 Å². The quantitative estimate of drug-likeness (QED) is 0.566. The number of rotatable bonds is 6. The number of carbonyl (C=O) groups excluding carboxylic acids is 2. The van der Waals surface area contributed by atoms with E-state index in [1.165, 1.54) is 22.3 Å². The van der Waals surface area contributed by atoms with Gasteiger partial charge in [-0.1, -0.05) is 41.9 Å². The maximum absolute atomic E-state index is 11.8. The fraction of sp³-hybridized carbons (Fsp3) is 0.481. The number of nitrogens with zero attached hydrogens (tertiary/aromatic N) is 2. The second kappa shape index (κ2) is 10.6. The summed E-state index contributed by atoms with van der Waals surface area (Å²) in [6, 6.07) is 15.4. The molecule has 2 aromatic carbocycles. The van der Waals surface area contributed by atoms with Crippen molar-refractivity contribution >= 4 is 23.8 Å². The third-order valence-corrected chi connectivity index (χ3v) is 7.48. The number of fused-ring (bicyclic) bond motifs is 1. The molecule has 0 N–H and O–H groups in total. The Kier molecular flexibility index (Phi) is 7.64. The fourth-order valence-electron chi connectivity index (χ4n) is 5.33. The lowest BCUT2D eigenvalue weighted by Crippen LogP contribution is -2.36. The van der Waals surface area contributed by atoms with Gasteiger partial charge in [0.25, 0.3) is 0 Å². The number of halogens is 1. The molecular weight excluding hydrogens is 420 g/mol. The Bertz CT molecular complexity index is 935. The van der Waals surface area contributed by atoms with Crippen LogP contribution in [0.2, 0.25) is 5.02 Å². The molecule has 2 aromatic rings. The number of piperidine rings is 1. The van der Waals surface area contributed by atoms with Gasteiger partial charge in [0.05, 0.1) is 0 Å². The van der Waals surface area contributed by atoms with Gasteiger partial charge in [0, 0.05) is 37.5 Å². The highest BCUT2D eigenvalue weighted by Crippen LogP contribution is 2.35. The van der Waals surface area contributed by atoms with E-state index in [9.17, 15) is 9.59 Å². The van der Waals surface area contributed by atoms with Crippen LogP contribution in [0.1, 0.15) is 66.8 Å². The van der Waals surface area contributed by atoms with E-state index < -0.39 is 0 Å². The summed E-state index contributed by atoms with van der Waals surface area (Å²) in [5, 5.41) is 0.787. The van der Waals surface area contributed by atoms with Crippen LogP contribution < -0.4 is 0 Å². The van der Waals surface area contributed by atoms with Crippen LogP contribution in [-0.4, -0.2) is 48.2 Å². The third kappa shape index (κ3) is 5.41. The largest absolute Gasteiger partial charge is 0.342 e. The molecule has 0 spiro atoms. The van der Waals surface area contributed by atoms with Crippen LogP contribution in [0, 0.1) is 0 Å². The Morgan fingerprint density at radius 3 is 2.38 bits per heavy atom. The van der Waals surface area contributed by atoms with E-state index in [-0.39, 0.29) is 11.9 Å². The summed E-state index contributed by atoms with van der Waals surface area (Å²) in [5.74, 6) is 0.727. The van der Waals surface area contributed by atoms with Crippen LogP contribution in [-0.2, 0) is 22.4 Å². The molecule has 2 heterocycles. The first-order valence-corrected chi connectivity index (χ1v) is 12.2. The summed E-state index contributed by atoms with van der Waals surface area (Å²) in [6.45, 7) is 5.31. The molecule has 2 aliphatic rings. The van der Waals surface area contributed by atoms with Crippen molar-refractivity contribution in [1.82, 2.24) is 9.80 Å². The van der Waals surface area contributed by atoms with Crippen LogP contribution in [0.5, 0.6) is 0 Å². The Morgan fingerprint density at radius 1 is 1.03 bits per heavy atom. The van der Waals surface area contributed by atoms with Crippen LogP contribution in [0.15, 0.2) is 42.5 Å². The van der Waals surface area contributed by atoms with Crippen molar-refractivity contribution in [2.24, 2.45) is 0 Å². The van der Waals surface area contributed by atoms with Crippen LogP contribution in [0.4, 0.5) is 0 Å². The Balaban J connectivity index is 1.48. The first kappa shape index (κ1) is 23.0. The second-order valence-electron chi connectivity index (χ2n) is 9.16. The zero-order chi connectivity index (χ0) is 22.5. The molecule has 0 radical (unpaired) electrons. The number of likely N-dealkylation sites (tertiary alicyclic amines) is 1. The Labute approximate surface area is 196 Å². The van der Waals surface area contributed by atoms with Gasteiger partial charge in [-0.3, -0.25) is 9.69 Å². The maximum Gasteiger partial charge on any atom is 0.219 e. The molecule has 0 aromatic heterocycles. The summed E-state index contributed by atoms with van der Waals surface area (Å²) in [4.78, 5) is 27.5. The molecule has 1 atom stereocenters. The number of hydrogen-bond donors (Lipinski definition) is 0. The standard InChI is InChI=1S/C27H33ClN2O2/c1-20(32)29-14-10-22-4-5-25(19-24(22)13-15-29)27(3-2-18-31)30-16-11-23(12-17-30)21-6-8-26(28)9-7-21/h4-9,18-19,23,27H,2-3,10-17H2,1H3. The fourth-order valence-corrected chi connectivity index (χ4v) is 5.46.